The van der Waals surface area contributed by atoms with Gasteiger partial charge in [-0.2, -0.15) is 0 Å². The number of esters is 1. The number of nitrogens with one attached hydrogen (secondary N) is 1. The summed E-state index contributed by atoms with van der Waals surface area (Å²) in [5, 5.41) is 3.51. The van der Waals surface area contributed by atoms with Crippen molar-refractivity contribution in [1.29, 1.82) is 0 Å². The molecule has 1 aliphatic rings. The number of benzene rings is 1. The van der Waals surface area contributed by atoms with E-state index in [-0.39, 0.29) is 29.8 Å². The smallest absolute Gasteiger partial charge is 0.308 e. The van der Waals surface area contributed by atoms with Crippen molar-refractivity contribution < 1.29 is 13.9 Å². The van der Waals surface area contributed by atoms with Gasteiger partial charge in [0.15, 0.2) is 0 Å². The summed E-state index contributed by atoms with van der Waals surface area (Å²) >= 11 is 0. The van der Waals surface area contributed by atoms with Crippen molar-refractivity contribution in [3.05, 3.63) is 35.6 Å². The third-order valence-electron chi connectivity index (χ3n) is 4.13. The summed E-state index contributed by atoms with van der Waals surface area (Å²) in [6, 6.07) is 7.02. The van der Waals surface area contributed by atoms with Crippen LogP contribution in [-0.2, 0) is 9.53 Å². The van der Waals surface area contributed by atoms with E-state index in [0.717, 1.165) is 31.2 Å². The fraction of sp³-hybridized carbons (Fsp3) is 0.588. The summed E-state index contributed by atoms with van der Waals surface area (Å²) < 4.78 is 18.4. The fourth-order valence-corrected chi connectivity index (χ4v) is 3.04. The van der Waals surface area contributed by atoms with E-state index in [1.54, 1.807) is 12.1 Å². The summed E-state index contributed by atoms with van der Waals surface area (Å²) in [6.45, 7) is 4.30. The van der Waals surface area contributed by atoms with Crippen LogP contribution in [0.15, 0.2) is 24.3 Å². The number of halogens is 1. The van der Waals surface area contributed by atoms with E-state index in [1.807, 2.05) is 19.9 Å². The third kappa shape index (κ3) is 4.53. The minimum absolute atomic E-state index is 0.00379. The molecule has 3 nitrogen and oxygen atoms in total. The molecule has 1 saturated carbocycles. The van der Waals surface area contributed by atoms with Crippen LogP contribution < -0.4 is 5.32 Å². The topological polar surface area (TPSA) is 38.3 Å². The van der Waals surface area contributed by atoms with Gasteiger partial charge in [-0.25, -0.2) is 4.39 Å². The maximum atomic E-state index is 13.3. The van der Waals surface area contributed by atoms with E-state index in [9.17, 15) is 9.18 Å². The van der Waals surface area contributed by atoms with Crippen molar-refractivity contribution in [2.24, 2.45) is 5.92 Å². The van der Waals surface area contributed by atoms with Crippen LogP contribution >= 0.6 is 0 Å². The molecule has 2 rings (SSSR count). The summed E-state index contributed by atoms with van der Waals surface area (Å²) in [5.74, 6) is -0.299. The van der Waals surface area contributed by atoms with Gasteiger partial charge in [0.25, 0.3) is 0 Å². The quantitative estimate of drug-likeness (QED) is 0.843. The number of hydrogen-bond acceptors (Lipinski definition) is 3. The second-order valence-electron chi connectivity index (χ2n) is 5.76. The molecule has 0 bridgehead atoms. The number of carbonyl (C=O) groups is 1. The SMILES string of the molecule is CCOC(=O)C1CCCC(N[C@@H](C)c2cccc(F)c2)C1. The Morgan fingerprint density at radius 1 is 1.48 bits per heavy atom. The normalized spacial score (nSPS) is 23.6. The van der Waals surface area contributed by atoms with Crippen LogP contribution in [-0.4, -0.2) is 18.6 Å². The molecule has 2 unspecified atom stereocenters. The molecule has 0 aromatic heterocycles. The predicted octanol–water partition coefficient (Wildman–Crippen LogP) is 3.60. The van der Waals surface area contributed by atoms with Gasteiger partial charge in [0, 0.05) is 12.1 Å². The van der Waals surface area contributed by atoms with Crippen LogP contribution in [0.1, 0.15) is 51.1 Å². The molecule has 1 fully saturated rings. The Hall–Kier alpha value is -1.42. The van der Waals surface area contributed by atoms with Crippen LogP contribution in [0.25, 0.3) is 0 Å². The molecule has 0 heterocycles. The van der Waals surface area contributed by atoms with Crippen LogP contribution in [0.5, 0.6) is 0 Å². The molecule has 1 aliphatic carbocycles. The Labute approximate surface area is 125 Å². The van der Waals surface area contributed by atoms with E-state index in [1.165, 1.54) is 6.07 Å². The Bertz CT molecular complexity index is 478. The van der Waals surface area contributed by atoms with Gasteiger partial charge in [0.05, 0.1) is 12.5 Å². The first-order chi connectivity index (χ1) is 10.1. The lowest BCUT2D eigenvalue weighted by Crippen LogP contribution is -2.38. The molecule has 0 aliphatic heterocycles. The van der Waals surface area contributed by atoms with Crippen molar-refractivity contribution in [3.63, 3.8) is 0 Å². The second kappa shape index (κ2) is 7.55. The summed E-state index contributed by atoms with van der Waals surface area (Å²) in [5.41, 5.74) is 0.938. The molecule has 1 aromatic rings. The summed E-state index contributed by atoms with van der Waals surface area (Å²) in [4.78, 5) is 11.8. The van der Waals surface area contributed by atoms with Crippen molar-refractivity contribution in [2.45, 2.75) is 51.6 Å². The third-order valence-corrected chi connectivity index (χ3v) is 4.13. The first kappa shape index (κ1) is 16.0. The zero-order chi connectivity index (χ0) is 15.2. The molecule has 0 amide bonds. The predicted molar refractivity (Wildman–Crippen MR) is 80.3 cm³/mol. The lowest BCUT2D eigenvalue weighted by Gasteiger charge is -2.31. The molecular formula is C17H24FNO2. The monoisotopic (exact) mass is 293 g/mol. The van der Waals surface area contributed by atoms with Gasteiger partial charge >= 0.3 is 5.97 Å². The van der Waals surface area contributed by atoms with Crippen LogP contribution in [0, 0.1) is 11.7 Å². The zero-order valence-electron chi connectivity index (χ0n) is 12.8. The Balaban J connectivity index is 1.91. The number of ether oxygens (including phenoxy) is 1. The van der Waals surface area contributed by atoms with Crippen LogP contribution in [0.4, 0.5) is 4.39 Å². The van der Waals surface area contributed by atoms with E-state index in [2.05, 4.69) is 5.32 Å². The van der Waals surface area contributed by atoms with E-state index >= 15 is 0 Å². The molecule has 0 radical (unpaired) electrons. The maximum absolute atomic E-state index is 13.3. The Morgan fingerprint density at radius 2 is 2.29 bits per heavy atom. The second-order valence-corrected chi connectivity index (χ2v) is 5.76. The van der Waals surface area contributed by atoms with E-state index in [0.29, 0.717) is 6.61 Å². The van der Waals surface area contributed by atoms with Crippen molar-refractivity contribution in [3.8, 4) is 0 Å². The van der Waals surface area contributed by atoms with Gasteiger partial charge in [0.2, 0.25) is 0 Å². The molecule has 4 heteroatoms. The molecule has 0 spiro atoms. The largest absolute Gasteiger partial charge is 0.466 e. The number of rotatable bonds is 5. The molecule has 0 saturated heterocycles. The Morgan fingerprint density at radius 3 is 3.00 bits per heavy atom. The van der Waals surface area contributed by atoms with Crippen LogP contribution in [0.2, 0.25) is 0 Å². The highest BCUT2D eigenvalue weighted by Crippen LogP contribution is 2.27. The van der Waals surface area contributed by atoms with Gasteiger partial charge in [-0.15, -0.1) is 0 Å². The summed E-state index contributed by atoms with van der Waals surface area (Å²) in [7, 11) is 0. The zero-order valence-corrected chi connectivity index (χ0v) is 12.8. The standard InChI is InChI=1S/C17H24FNO2/c1-3-21-17(20)14-7-5-9-16(11-14)19-12(2)13-6-4-8-15(18)10-13/h4,6,8,10,12,14,16,19H,3,5,7,9,11H2,1-2H3/t12-,14?,16?/m0/s1. The van der Waals surface area contributed by atoms with Crippen molar-refractivity contribution >= 4 is 5.97 Å². The van der Waals surface area contributed by atoms with Gasteiger partial charge in [-0.3, -0.25) is 4.79 Å². The first-order valence-electron chi connectivity index (χ1n) is 7.78. The molecule has 1 aromatic carbocycles. The van der Waals surface area contributed by atoms with Crippen LogP contribution in [0.3, 0.4) is 0 Å². The first-order valence-corrected chi connectivity index (χ1v) is 7.78. The average molecular weight is 293 g/mol. The molecule has 21 heavy (non-hydrogen) atoms. The Kier molecular flexibility index (Phi) is 5.74. The highest BCUT2D eigenvalue weighted by molar-refractivity contribution is 5.72. The van der Waals surface area contributed by atoms with Crippen molar-refractivity contribution in [1.82, 2.24) is 5.32 Å². The van der Waals surface area contributed by atoms with Crippen molar-refractivity contribution in [2.75, 3.05) is 6.61 Å². The lowest BCUT2D eigenvalue weighted by atomic mass is 9.85. The maximum Gasteiger partial charge on any atom is 0.308 e. The fourth-order valence-electron chi connectivity index (χ4n) is 3.04. The number of carbonyl (C=O) groups excluding carboxylic acids is 1. The molecule has 3 atom stereocenters. The molecule has 1 N–H and O–H groups in total. The minimum atomic E-state index is -0.214. The van der Waals surface area contributed by atoms with E-state index in [4.69, 9.17) is 4.74 Å². The lowest BCUT2D eigenvalue weighted by molar-refractivity contribution is -0.149. The highest BCUT2D eigenvalue weighted by Gasteiger charge is 2.28. The average Bonchev–Trinajstić information content (AvgIpc) is 2.48. The minimum Gasteiger partial charge on any atom is -0.466 e. The summed E-state index contributed by atoms with van der Waals surface area (Å²) in [6.07, 6.45) is 3.79. The molecule has 116 valence electrons. The van der Waals surface area contributed by atoms with Gasteiger partial charge in [-0.1, -0.05) is 18.6 Å². The van der Waals surface area contributed by atoms with E-state index < -0.39 is 0 Å². The van der Waals surface area contributed by atoms with Gasteiger partial charge < -0.3 is 10.1 Å². The molecular weight excluding hydrogens is 269 g/mol. The highest BCUT2D eigenvalue weighted by atomic mass is 19.1. The number of hydrogen-bond donors (Lipinski definition) is 1. The van der Waals surface area contributed by atoms with Gasteiger partial charge in [0.1, 0.15) is 5.82 Å². The van der Waals surface area contributed by atoms with Gasteiger partial charge in [-0.05, 0) is 50.8 Å².